The molecule has 0 aromatic carbocycles. The van der Waals surface area contributed by atoms with Gasteiger partial charge in [-0.25, -0.2) is 9.98 Å². The van der Waals surface area contributed by atoms with Crippen LogP contribution in [0.1, 0.15) is 5.69 Å². The van der Waals surface area contributed by atoms with Crippen LogP contribution in [-0.4, -0.2) is 28.1 Å². The number of guanidine groups is 1. The first kappa shape index (κ1) is 5.96. The van der Waals surface area contributed by atoms with E-state index in [4.69, 9.17) is 5.41 Å². The zero-order chi connectivity index (χ0) is 7.68. The first-order valence-corrected chi connectivity index (χ1v) is 3.07. The van der Waals surface area contributed by atoms with E-state index in [-0.39, 0.29) is 5.96 Å². The molecule has 1 aliphatic rings. The van der Waals surface area contributed by atoms with Gasteiger partial charge in [-0.05, 0) is 6.07 Å². The van der Waals surface area contributed by atoms with Crippen molar-refractivity contribution in [1.29, 1.82) is 5.41 Å². The molecule has 0 aliphatic carbocycles. The number of aromatic amines is 1. The fourth-order valence-corrected chi connectivity index (χ4v) is 0.822. The molecule has 0 spiro atoms. The number of nitrogens with one attached hydrogen (secondary N) is 2. The van der Waals surface area contributed by atoms with Gasteiger partial charge >= 0.3 is 0 Å². The van der Waals surface area contributed by atoms with Gasteiger partial charge < -0.3 is 0 Å². The smallest absolute Gasteiger partial charge is 0.242 e. The molecule has 0 radical (unpaired) electrons. The summed E-state index contributed by atoms with van der Waals surface area (Å²) < 4.78 is 0. The van der Waals surface area contributed by atoms with Crippen molar-refractivity contribution in [3.05, 3.63) is 18.0 Å². The average Bonchev–Trinajstić information content (AvgIpc) is 2.55. The van der Waals surface area contributed by atoms with Gasteiger partial charge in [0.05, 0.1) is 11.9 Å². The Morgan fingerprint density at radius 2 is 2.36 bits per heavy atom. The van der Waals surface area contributed by atoms with E-state index in [0.717, 1.165) is 5.69 Å². The van der Waals surface area contributed by atoms with Gasteiger partial charge in [0.1, 0.15) is 5.71 Å². The molecule has 2 heterocycles. The lowest BCUT2D eigenvalue weighted by Crippen LogP contribution is -1.99. The summed E-state index contributed by atoms with van der Waals surface area (Å²) in [6.45, 7) is 0. The van der Waals surface area contributed by atoms with E-state index in [1.807, 2.05) is 0 Å². The van der Waals surface area contributed by atoms with Gasteiger partial charge in [-0.2, -0.15) is 5.10 Å². The SMILES string of the molecule is N=C1N=CC(c2ccn[nH]2)=N1. The van der Waals surface area contributed by atoms with E-state index in [1.165, 1.54) is 6.21 Å². The summed E-state index contributed by atoms with van der Waals surface area (Å²) in [5.74, 6) is 0.0367. The number of rotatable bonds is 1. The molecule has 2 rings (SSSR count). The molecule has 1 aromatic heterocycles. The number of hydrogen-bond acceptors (Lipinski definition) is 2. The van der Waals surface area contributed by atoms with E-state index in [9.17, 15) is 0 Å². The molecule has 1 aliphatic heterocycles. The Bertz CT molecular complexity index is 332. The van der Waals surface area contributed by atoms with E-state index >= 15 is 0 Å². The third-order valence-corrected chi connectivity index (χ3v) is 1.31. The summed E-state index contributed by atoms with van der Waals surface area (Å²) >= 11 is 0. The summed E-state index contributed by atoms with van der Waals surface area (Å²) in [5, 5.41) is 13.5. The summed E-state index contributed by atoms with van der Waals surface area (Å²) in [6.07, 6.45) is 3.17. The van der Waals surface area contributed by atoms with Gasteiger partial charge in [0.25, 0.3) is 0 Å². The Labute approximate surface area is 62.4 Å². The standard InChI is InChI=1S/C6H5N5/c7-6-8-3-5(10-6)4-1-2-9-11-4/h1-3,7H,(H,9,11). The van der Waals surface area contributed by atoms with Gasteiger partial charge in [0, 0.05) is 6.20 Å². The van der Waals surface area contributed by atoms with Gasteiger partial charge in [-0.1, -0.05) is 0 Å². The molecule has 0 saturated carbocycles. The van der Waals surface area contributed by atoms with Crippen molar-refractivity contribution in [3.63, 3.8) is 0 Å². The number of H-pyrrole nitrogens is 1. The van der Waals surface area contributed by atoms with E-state index in [0.29, 0.717) is 5.71 Å². The van der Waals surface area contributed by atoms with Crippen molar-refractivity contribution in [1.82, 2.24) is 10.2 Å². The van der Waals surface area contributed by atoms with Crippen LogP contribution < -0.4 is 0 Å². The molecule has 2 N–H and O–H groups in total. The molecule has 5 heteroatoms. The molecule has 0 saturated heterocycles. The molecule has 0 fully saturated rings. The zero-order valence-electron chi connectivity index (χ0n) is 5.57. The molecular weight excluding hydrogens is 142 g/mol. The summed E-state index contributed by atoms with van der Waals surface area (Å²) in [5.41, 5.74) is 1.45. The molecule has 0 atom stereocenters. The maximum Gasteiger partial charge on any atom is 0.242 e. The first-order valence-electron chi connectivity index (χ1n) is 3.07. The van der Waals surface area contributed by atoms with E-state index in [2.05, 4.69) is 20.2 Å². The average molecular weight is 147 g/mol. The minimum Gasteiger partial charge on any atom is -0.276 e. The number of aliphatic imine (C=N–C) groups is 2. The second kappa shape index (κ2) is 2.12. The van der Waals surface area contributed by atoms with Crippen molar-refractivity contribution in [2.75, 3.05) is 0 Å². The van der Waals surface area contributed by atoms with E-state index < -0.39 is 0 Å². The van der Waals surface area contributed by atoms with Crippen LogP contribution in [0.5, 0.6) is 0 Å². The highest BCUT2D eigenvalue weighted by molar-refractivity contribution is 6.43. The Kier molecular flexibility index (Phi) is 1.15. The fourth-order valence-electron chi connectivity index (χ4n) is 0.822. The number of nitrogens with zero attached hydrogens (tertiary/aromatic N) is 3. The third kappa shape index (κ3) is 0.958. The van der Waals surface area contributed by atoms with Crippen molar-refractivity contribution in [2.45, 2.75) is 0 Å². The largest absolute Gasteiger partial charge is 0.276 e. The molecular formula is C6H5N5. The van der Waals surface area contributed by atoms with Crippen LogP contribution in [0.15, 0.2) is 22.2 Å². The quantitative estimate of drug-likeness (QED) is 0.585. The van der Waals surface area contributed by atoms with Crippen LogP contribution in [-0.2, 0) is 0 Å². The van der Waals surface area contributed by atoms with Crippen LogP contribution in [0, 0.1) is 5.41 Å². The van der Waals surface area contributed by atoms with Crippen LogP contribution in [0.4, 0.5) is 0 Å². The topological polar surface area (TPSA) is 77.2 Å². The Hall–Kier alpha value is -1.78. The monoisotopic (exact) mass is 147 g/mol. The molecule has 0 unspecified atom stereocenters. The normalized spacial score (nSPS) is 15.6. The van der Waals surface area contributed by atoms with Gasteiger partial charge in [0.15, 0.2) is 0 Å². The van der Waals surface area contributed by atoms with Crippen LogP contribution >= 0.6 is 0 Å². The third-order valence-electron chi connectivity index (χ3n) is 1.31. The number of hydrogen-bond donors (Lipinski definition) is 2. The summed E-state index contributed by atoms with van der Waals surface area (Å²) in [4.78, 5) is 7.52. The second-order valence-electron chi connectivity index (χ2n) is 2.05. The predicted molar refractivity (Wildman–Crippen MR) is 41.3 cm³/mol. The van der Waals surface area contributed by atoms with Crippen molar-refractivity contribution < 1.29 is 0 Å². The maximum absolute atomic E-state index is 7.06. The Morgan fingerprint density at radius 3 is 2.91 bits per heavy atom. The zero-order valence-corrected chi connectivity index (χ0v) is 5.57. The molecule has 0 amide bonds. The van der Waals surface area contributed by atoms with Gasteiger partial charge in [-0.3, -0.25) is 10.5 Å². The van der Waals surface area contributed by atoms with Crippen molar-refractivity contribution in [2.24, 2.45) is 9.98 Å². The second-order valence-corrected chi connectivity index (χ2v) is 2.05. The molecule has 54 valence electrons. The highest BCUT2D eigenvalue weighted by Gasteiger charge is 2.07. The Morgan fingerprint density at radius 1 is 1.45 bits per heavy atom. The van der Waals surface area contributed by atoms with Crippen LogP contribution in [0.2, 0.25) is 0 Å². The molecule has 5 nitrogen and oxygen atoms in total. The van der Waals surface area contributed by atoms with Crippen LogP contribution in [0.3, 0.4) is 0 Å². The van der Waals surface area contributed by atoms with Crippen molar-refractivity contribution in [3.8, 4) is 0 Å². The van der Waals surface area contributed by atoms with Crippen molar-refractivity contribution >= 4 is 17.9 Å². The van der Waals surface area contributed by atoms with Gasteiger partial charge in [0.2, 0.25) is 5.96 Å². The van der Waals surface area contributed by atoms with Gasteiger partial charge in [-0.15, -0.1) is 0 Å². The minimum atomic E-state index is 0.0367. The number of aromatic nitrogens is 2. The lowest BCUT2D eigenvalue weighted by molar-refractivity contribution is 1.08. The molecule has 1 aromatic rings. The molecule has 11 heavy (non-hydrogen) atoms. The maximum atomic E-state index is 7.06. The molecule has 0 bridgehead atoms. The summed E-state index contributed by atoms with van der Waals surface area (Å²) in [7, 11) is 0. The van der Waals surface area contributed by atoms with E-state index in [1.54, 1.807) is 12.3 Å². The Balaban J connectivity index is 2.40. The fraction of sp³-hybridized carbons (Fsp3) is 0. The lowest BCUT2D eigenvalue weighted by atomic mass is 10.3. The summed E-state index contributed by atoms with van der Waals surface area (Å²) in [6, 6.07) is 1.78. The first-order chi connectivity index (χ1) is 5.36. The predicted octanol–water partition coefficient (Wildman–Crippen LogP) is 0.218. The highest BCUT2D eigenvalue weighted by atomic mass is 15.1. The van der Waals surface area contributed by atoms with Crippen LogP contribution in [0.25, 0.3) is 0 Å². The minimum absolute atomic E-state index is 0.0367. The highest BCUT2D eigenvalue weighted by Crippen LogP contribution is 1.99. The lowest BCUT2D eigenvalue weighted by Gasteiger charge is -1.86.